The van der Waals surface area contributed by atoms with Crippen molar-refractivity contribution in [2.45, 2.75) is 40.3 Å². The number of halogens is 3. The molecule has 0 unspecified atom stereocenters. The lowest BCUT2D eigenvalue weighted by molar-refractivity contribution is -0.137. The average molecular weight is 259 g/mol. The molecule has 1 aromatic rings. The van der Waals surface area contributed by atoms with Gasteiger partial charge in [-0.1, -0.05) is 26.8 Å². The Hall–Kier alpha value is -1.19. The quantitative estimate of drug-likeness (QED) is 0.817. The van der Waals surface area contributed by atoms with Crippen LogP contribution in [0.15, 0.2) is 18.2 Å². The van der Waals surface area contributed by atoms with E-state index in [0.717, 1.165) is 18.1 Å². The maximum Gasteiger partial charge on any atom is 0.416 e. The molecule has 1 rings (SSSR count). The molecule has 0 fully saturated rings. The van der Waals surface area contributed by atoms with Gasteiger partial charge in [-0.25, -0.2) is 0 Å². The second kappa shape index (κ2) is 5.21. The Labute approximate surface area is 106 Å². The molecule has 0 aliphatic rings. The summed E-state index contributed by atoms with van der Waals surface area (Å²) in [4.78, 5) is 0. The van der Waals surface area contributed by atoms with E-state index < -0.39 is 11.7 Å². The molecule has 0 aromatic heterocycles. The van der Waals surface area contributed by atoms with Crippen LogP contribution in [-0.4, -0.2) is 6.54 Å². The molecule has 4 heteroatoms. The van der Waals surface area contributed by atoms with Crippen LogP contribution < -0.4 is 5.32 Å². The van der Waals surface area contributed by atoms with Crippen molar-refractivity contribution in [3.8, 4) is 0 Å². The van der Waals surface area contributed by atoms with Crippen molar-refractivity contribution in [1.29, 1.82) is 0 Å². The molecule has 0 saturated carbocycles. The van der Waals surface area contributed by atoms with Crippen molar-refractivity contribution in [1.82, 2.24) is 0 Å². The molecule has 0 spiro atoms. The summed E-state index contributed by atoms with van der Waals surface area (Å²) < 4.78 is 37.7. The first-order valence-corrected chi connectivity index (χ1v) is 6.01. The van der Waals surface area contributed by atoms with E-state index in [2.05, 4.69) is 26.1 Å². The number of hydrogen-bond donors (Lipinski definition) is 1. The monoisotopic (exact) mass is 259 g/mol. The SMILES string of the molecule is Cc1ccc(C(F)(F)F)cc1NCCC(C)(C)C. The van der Waals surface area contributed by atoms with Gasteiger partial charge in [-0.2, -0.15) is 13.2 Å². The summed E-state index contributed by atoms with van der Waals surface area (Å²) >= 11 is 0. The summed E-state index contributed by atoms with van der Waals surface area (Å²) in [5.74, 6) is 0. The highest BCUT2D eigenvalue weighted by atomic mass is 19.4. The van der Waals surface area contributed by atoms with Crippen LogP contribution in [0.1, 0.15) is 38.3 Å². The van der Waals surface area contributed by atoms with E-state index in [-0.39, 0.29) is 5.41 Å². The second-order valence-electron chi connectivity index (χ2n) is 5.76. The van der Waals surface area contributed by atoms with Crippen LogP contribution in [-0.2, 0) is 6.18 Å². The summed E-state index contributed by atoms with van der Waals surface area (Å²) in [6.45, 7) is 8.79. The summed E-state index contributed by atoms with van der Waals surface area (Å²) in [7, 11) is 0. The highest BCUT2D eigenvalue weighted by molar-refractivity contribution is 5.53. The second-order valence-corrected chi connectivity index (χ2v) is 5.76. The standard InChI is InChI=1S/C14H20F3N/c1-10-5-6-11(14(15,16)17)9-12(10)18-8-7-13(2,3)4/h5-6,9,18H,7-8H2,1-4H3. The minimum absolute atomic E-state index is 0.169. The van der Waals surface area contributed by atoms with Gasteiger partial charge in [0.25, 0.3) is 0 Å². The molecule has 0 radical (unpaired) electrons. The Morgan fingerprint density at radius 3 is 2.22 bits per heavy atom. The number of rotatable bonds is 3. The zero-order valence-corrected chi connectivity index (χ0v) is 11.3. The molecular formula is C14H20F3N. The van der Waals surface area contributed by atoms with Crippen molar-refractivity contribution in [3.63, 3.8) is 0 Å². The Morgan fingerprint density at radius 2 is 1.72 bits per heavy atom. The molecule has 0 heterocycles. The van der Waals surface area contributed by atoms with Crippen LogP contribution in [0.4, 0.5) is 18.9 Å². The van der Waals surface area contributed by atoms with Gasteiger partial charge in [-0.05, 0) is 36.5 Å². The fourth-order valence-electron chi connectivity index (χ4n) is 1.56. The molecule has 0 saturated heterocycles. The van der Waals surface area contributed by atoms with Crippen LogP contribution in [0.2, 0.25) is 0 Å². The van der Waals surface area contributed by atoms with Gasteiger partial charge >= 0.3 is 6.18 Å². The Kier molecular flexibility index (Phi) is 4.30. The molecule has 0 atom stereocenters. The fraction of sp³-hybridized carbons (Fsp3) is 0.571. The minimum Gasteiger partial charge on any atom is -0.385 e. The normalized spacial score (nSPS) is 12.6. The molecule has 1 aromatic carbocycles. The van der Waals surface area contributed by atoms with Crippen molar-refractivity contribution in [2.75, 3.05) is 11.9 Å². The Morgan fingerprint density at radius 1 is 1.11 bits per heavy atom. The van der Waals surface area contributed by atoms with E-state index >= 15 is 0 Å². The van der Waals surface area contributed by atoms with Crippen LogP contribution in [0.25, 0.3) is 0 Å². The Balaban J connectivity index is 2.76. The van der Waals surface area contributed by atoms with Crippen molar-refractivity contribution < 1.29 is 13.2 Å². The third kappa shape index (κ3) is 4.59. The van der Waals surface area contributed by atoms with Gasteiger partial charge in [0.1, 0.15) is 0 Å². The van der Waals surface area contributed by atoms with E-state index in [1.165, 1.54) is 12.1 Å². The molecule has 0 amide bonds. The van der Waals surface area contributed by atoms with Crippen molar-refractivity contribution >= 4 is 5.69 Å². The van der Waals surface area contributed by atoms with E-state index in [0.29, 0.717) is 12.2 Å². The van der Waals surface area contributed by atoms with Gasteiger partial charge in [0.05, 0.1) is 5.56 Å². The van der Waals surface area contributed by atoms with Gasteiger partial charge in [0.2, 0.25) is 0 Å². The molecule has 1 N–H and O–H groups in total. The summed E-state index contributed by atoms with van der Waals surface area (Å²) in [6, 6.07) is 3.80. The lowest BCUT2D eigenvalue weighted by Gasteiger charge is -2.19. The van der Waals surface area contributed by atoms with Crippen LogP contribution >= 0.6 is 0 Å². The molecular weight excluding hydrogens is 239 g/mol. The lowest BCUT2D eigenvalue weighted by atomic mass is 9.92. The van der Waals surface area contributed by atoms with E-state index in [4.69, 9.17) is 0 Å². The van der Waals surface area contributed by atoms with Crippen LogP contribution in [0.5, 0.6) is 0 Å². The van der Waals surface area contributed by atoms with Crippen molar-refractivity contribution in [2.24, 2.45) is 5.41 Å². The first kappa shape index (κ1) is 14.9. The van der Waals surface area contributed by atoms with Gasteiger partial charge in [0, 0.05) is 12.2 Å². The number of nitrogens with one attached hydrogen (secondary N) is 1. The smallest absolute Gasteiger partial charge is 0.385 e. The Bertz CT molecular complexity index is 402. The van der Waals surface area contributed by atoms with E-state index in [9.17, 15) is 13.2 Å². The topological polar surface area (TPSA) is 12.0 Å². The molecule has 1 nitrogen and oxygen atoms in total. The third-order valence-corrected chi connectivity index (χ3v) is 2.76. The largest absolute Gasteiger partial charge is 0.416 e. The first-order valence-electron chi connectivity index (χ1n) is 6.01. The summed E-state index contributed by atoms with van der Waals surface area (Å²) in [6.07, 6.45) is -3.38. The highest BCUT2D eigenvalue weighted by Crippen LogP contribution is 2.32. The van der Waals surface area contributed by atoms with E-state index in [1.54, 1.807) is 6.92 Å². The zero-order chi connectivity index (χ0) is 14.0. The number of alkyl halides is 3. The lowest BCUT2D eigenvalue weighted by Crippen LogP contribution is -2.14. The van der Waals surface area contributed by atoms with Crippen LogP contribution in [0, 0.1) is 12.3 Å². The van der Waals surface area contributed by atoms with Crippen molar-refractivity contribution in [3.05, 3.63) is 29.3 Å². The maximum atomic E-state index is 12.6. The van der Waals surface area contributed by atoms with Gasteiger partial charge in [0.15, 0.2) is 0 Å². The minimum atomic E-state index is -4.28. The van der Waals surface area contributed by atoms with Gasteiger partial charge in [-0.15, -0.1) is 0 Å². The number of benzene rings is 1. The average Bonchev–Trinajstić information content (AvgIpc) is 2.17. The number of hydrogen-bond acceptors (Lipinski definition) is 1. The molecule has 102 valence electrons. The number of anilines is 1. The van der Waals surface area contributed by atoms with Gasteiger partial charge in [-0.3, -0.25) is 0 Å². The summed E-state index contributed by atoms with van der Waals surface area (Å²) in [5.41, 5.74) is 0.958. The number of aryl methyl sites for hydroxylation is 1. The molecule has 0 aliphatic heterocycles. The highest BCUT2D eigenvalue weighted by Gasteiger charge is 2.30. The zero-order valence-electron chi connectivity index (χ0n) is 11.3. The van der Waals surface area contributed by atoms with Gasteiger partial charge < -0.3 is 5.32 Å². The predicted molar refractivity (Wildman–Crippen MR) is 68.7 cm³/mol. The summed E-state index contributed by atoms with van der Waals surface area (Å²) in [5, 5.41) is 3.08. The molecule has 18 heavy (non-hydrogen) atoms. The molecule has 0 bridgehead atoms. The first-order chi connectivity index (χ1) is 8.09. The predicted octanol–water partition coefficient (Wildman–Crippen LogP) is 4.86. The fourth-order valence-corrected chi connectivity index (χ4v) is 1.56. The third-order valence-electron chi connectivity index (χ3n) is 2.76. The van der Waals surface area contributed by atoms with E-state index in [1.807, 2.05) is 0 Å². The maximum absolute atomic E-state index is 12.6. The molecule has 0 aliphatic carbocycles. The van der Waals surface area contributed by atoms with Crippen LogP contribution in [0.3, 0.4) is 0 Å².